The van der Waals surface area contributed by atoms with E-state index in [1.54, 1.807) is 13.8 Å². The zero-order chi connectivity index (χ0) is 13.2. The van der Waals surface area contributed by atoms with Crippen molar-refractivity contribution >= 4 is 17.7 Å². The molecule has 1 N–H and O–H groups in total. The molecule has 1 heterocycles. The van der Waals surface area contributed by atoms with Crippen molar-refractivity contribution in [3.8, 4) is 6.07 Å². The number of rotatable bonds is 2. The summed E-state index contributed by atoms with van der Waals surface area (Å²) in [6, 6.07) is 1.20. The molecule has 0 saturated carbocycles. The summed E-state index contributed by atoms with van der Waals surface area (Å²) in [4.78, 5) is 35.8. The van der Waals surface area contributed by atoms with Crippen LogP contribution in [0.3, 0.4) is 0 Å². The summed E-state index contributed by atoms with van der Waals surface area (Å²) >= 11 is 0. The van der Waals surface area contributed by atoms with Crippen LogP contribution in [0.25, 0.3) is 0 Å². The fourth-order valence-corrected chi connectivity index (χ4v) is 1.65. The summed E-state index contributed by atoms with van der Waals surface area (Å²) < 4.78 is 0. The summed E-state index contributed by atoms with van der Waals surface area (Å²) in [5, 5.41) is 11.1. The number of hydrogen-bond donors (Lipinski definition) is 1. The number of nitrogens with zero attached hydrogens (tertiary/aromatic N) is 2. The average Bonchev–Trinajstić information content (AvgIpc) is 2.23. The Labute approximate surface area is 99.6 Å². The van der Waals surface area contributed by atoms with Gasteiger partial charge in [0.05, 0.1) is 6.07 Å². The molecule has 6 nitrogen and oxygen atoms in total. The Morgan fingerprint density at radius 3 is 2.59 bits per heavy atom. The molecule has 0 spiro atoms. The first-order valence-corrected chi connectivity index (χ1v) is 5.42. The van der Waals surface area contributed by atoms with Crippen LogP contribution in [0.5, 0.6) is 0 Å². The van der Waals surface area contributed by atoms with E-state index in [1.807, 2.05) is 6.07 Å². The maximum atomic E-state index is 12.0. The maximum absolute atomic E-state index is 12.0. The van der Waals surface area contributed by atoms with Crippen LogP contribution in [0, 0.1) is 23.2 Å². The standard InChI is InChI=1S/C11H15N3O3/c1-6(2)8(4-12)11(17)14-5-9(15)13-10(16)7(14)3/h6-8H,5H2,1-3H3,(H,13,15,16). The number of piperazine rings is 1. The van der Waals surface area contributed by atoms with Gasteiger partial charge in [-0.05, 0) is 12.8 Å². The van der Waals surface area contributed by atoms with Gasteiger partial charge in [0.25, 0.3) is 0 Å². The van der Waals surface area contributed by atoms with Crippen molar-refractivity contribution in [1.82, 2.24) is 10.2 Å². The quantitative estimate of drug-likeness (QED) is 0.665. The van der Waals surface area contributed by atoms with Crippen molar-refractivity contribution in [3.05, 3.63) is 0 Å². The minimum absolute atomic E-state index is 0.153. The first-order valence-electron chi connectivity index (χ1n) is 5.42. The van der Waals surface area contributed by atoms with E-state index in [-0.39, 0.29) is 12.5 Å². The van der Waals surface area contributed by atoms with Crippen molar-refractivity contribution in [2.45, 2.75) is 26.8 Å². The second kappa shape index (κ2) is 4.95. The highest BCUT2D eigenvalue weighted by atomic mass is 16.2. The molecule has 0 aromatic heterocycles. The van der Waals surface area contributed by atoms with E-state index < -0.39 is 29.7 Å². The Hall–Kier alpha value is -1.90. The second-order valence-electron chi connectivity index (χ2n) is 4.41. The summed E-state index contributed by atoms with van der Waals surface area (Å²) in [5.41, 5.74) is 0. The van der Waals surface area contributed by atoms with Gasteiger partial charge in [-0.25, -0.2) is 0 Å². The minimum Gasteiger partial charge on any atom is -0.320 e. The Morgan fingerprint density at radius 2 is 2.12 bits per heavy atom. The third-order valence-electron chi connectivity index (χ3n) is 2.78. The average molecular weight is 237 g/mol. The lowest BCUT2D eigenvalue weighted by molar-refractivity contribution is -0.151. The topological polar surface area (TPSA) is 90.3 Å². The zero-order valence-corrected chi connectivity index (χ0v) is 10.1. The molecule has 17 heavy (non-hydrogen) atoms. The molecular weight excluding hydrogens is 222 g/mol. The summed E-state index contributed by atoms with van der Waals surface area (Å²) in [7, 11) is 0. The van der Waals surface area contributed by atoms with Crippen LogP contribution in [0.2, 0.25) is 0 Å². The fourth-order valence-electron chi connectivity index (χ4n) is 1.65. The third kappa shape index (κ3) is 2.61. The normalized spacial score (nSPS) is 22.1. The number of nitriles is 1. The molecule has 2 unspecified atom stereocenters. The number of carbonyl (C=O) groups is 3. The highest BCUT2D eigenvalue weighted by molar-refractivity contribution is 6.04. The van der Waals surface area contributed by atoms with Crippen LogP contribution in [-0.2, 0) is 14.4 Å². The zero-order valence-electron chi connectivity index (χ0n) is 10.1. The molecule has 1 saturated heterocycles. The summed E-state index contributed by atoms with van der Waals surface area (Å²) in [6.07, 6.45) is 0. The van der Waals surface area contributed by atoms with Gasteiger partial charge in [0, 0.05) is 0 Å². The molecule has 92 valence electrons. The highest BCUT2D eigenvalue weighted by Crippen LogP contribution is 2.16. The van der Waals surface area contributed by atoms with Gasteiger partial charge in [0.1, 0.15) is 18.5 Å². The van der Waals surface area contributed by atoms with Gasteiger partial charge in [-0.1, -0.05) is 13.8 Å². The summed E-state index contributed by atoms with van der Waals surface area (Å²) in [5.74, 6) is -2.45. The molecule has 0 aliphatic carbocycles. The molecule has 1 aliphatic rings. The molecular formula is C11H15N3O3. The van der Waals surface area contributed by atoms with E-state index in [9.17, 15) is 14.4 Å². The molecule has 0 aromatic rings. The van der Waals surface area contributed by atoms with Gasteiger partial charge in [0.2, 0.25) is 17.7 Å². The Bertz CT molecular complexity index is 397. The first-order chi connectivity index (χ1) is 7.88. The number of hydrogen-bond acceptors (Lipinski definition) is 4. The van der Waals surface area contributed by atoms with Gasteiger partial charge in [0.15, 0.2) is 0 Å². The van der Waals surface area contributed by atoms with Crippen LogP contribution in [-0.4, -0.2) is 35.2 Å². The van der Waals surface area contributed by atoms with Gasteiger partial charge in [-0.3, -0.25) is 19.7 Å². The number of nitrogens with one attached hydrogen (secondary N) is 1. The largest absolute Gasteiger partial charge is 0.320 e. The van der Waals surface area contributed by atoms with Crippen molar-refractivity contribution in [2.24, 2.45) is 11.8 Å². The smallest absolute Gasteiger partial charge is 0.249 e. The van der Waals surface area contributed by atoms with Gasteiger partial charge >= 0.3 is 0 Å². The first kappa shape index (κ1) is 13.2. The lowest BCUT2D eigenvalue weighted by Gasteiger charge is -2.33. The van der Waals surface area contributed by atoms with Crippen LogP contribution in [0.1, 0.15) is 20.8 Å². The van der Waals surface area contributed by atoms with E-state index in [0.29, 0.717) is 0 Å². The Kier molecular flexibility index (Phi) is 3.84. The number of carbonyl (C=O) groups excluding carboxylic acids is 3. The van der Waals surface area contributed by atoms with Crippen LogP contribution in [0.4, 0.5) is 0 Å². The lowest BCUT2D eigenvalue weighted by atomic mass is 9.95. The van der Waals surface area contributed by atoms with Crippen LogP contribution in [0.15, 0.2) is 0 Å². The van der Waals surface area contributed by atoms with Crippen LogP contribution >= 0.6 is 0 Å². The fraction of sp³-hybridized carbons (Fsp3) is 0.636. The van der Waals surface area contributed by atoms with Crippen molar-refractivity contribution in [2.75, 3.05) is 6.54 Å². The van der Waals surface area contributed by atoms with Crippen molar-refractivity contribution in [3.63, 3.8) is 0 Å². The molecule has 1 aliphatic heterocycles. The maximum Gasteiger partial charge on any atom is 0.249 e. The Morgan fingerprint density at radius 1 is 1.53 bits per heavy atom. The highest BCUT2D eigenvalue weighted by Gasteiger charge is 2.37. The lowest BCUT2D eigenvalue weighted by Crippen LogP contribution is -2.59. The summed E-state index contributed by atoms with van der Waals surface area (Å²) in [6.45, 7) is 4.87. The van der Waals surface area contributed by atoms with E-state index in [2.05, 4.69) is 5.32 Å². The monoisotopic (exact) mass is 237 g/mol. The molecule has 6 heteroatoms. The molecule has 0 bridgehead atoms. The predicted molar refractivity (Wildman–Crippen MR) is 58.3 cm³/mol. The molecule has 0 aromatic carbocycles. The number of imide groups is 1. The molecule has 3 amide bonds. The van der Waals surface area contributed by atoms with Crippen molar-refractivity contribution < 1.29 is 14.4 Å². The van der Waals surface area contributed by atoms with Crippen molar-refractivity contribution in [1.29, 1.82) is 5.26 Å². The van der Waals surface area contributed by atoms with Gasteiger partial charge in [-0.15, -0.1) is 0 Å². The molecule has 1 fully saturated rings. The van der Waals surface area contributed by atoms with Crippen LogP contribution < -0.4 is 5.32 Å². The molecule has 0 radical (unpaired) electrons. The molecule has 2 atom stereocenters. The van der Waals surface area contributed by atoms with E-state index in [4.69, 9.17) is 5.26 Å². The van der Waals surface area contributed by atoms with E-state index in [1.165, 1.54) is 6.92 Å². The van der Waals surface area contributed by atoms with Gasteiger partial charge < -0.3 is 4.90 Å². The van der Waals surface area contributed by atoms with E-state index >= 15 is 0 Å². The Balaban J connectivity index is 2.91. The SMILES string of the molecule is CC(C)C(C#N)C(=O)N1CC(=O)NC(=O)C1C. The second-order valence-corrected chi connectivity index (χ2v) is 4.41. The third-order valence-corrected chi connectivity index (χ3v) is 2.78. The number of amides is 3. The van der Waals surface area contributed by atoms with E-state index in [0.717, 1.165) is 4.90 Å². The molecule has 1 rings (SSSR count). The van der Waals surface area contributed by atoms with Gasteiger partial charge in [-0.2, -0.15) is 5.26 Å². The minimum atomic E-state index is -0.823. The predicted octanol–water partition coefficient (Wildman–Crippen LogP) is -0.344.